The highest BCUT2D eigenvalue weighted by Gasteiger charge is 2.26. The van der Waals surface area contributed by atoms with Gasteiger partial charge in [-0.3, -0.25) is 4.79 Å². The average molecular weight is 465 g/mol. The van der Waals surface area contributed by atoms with Crippen molar-refractivity contribution in [2.24, 2.45) is 14.1 Å². The Labute approximate surface area is 175 Å². The third-order valence-corrected chi connectivity index (χ3v) is 5.61. The number of halogens is 2. The fourth-order valence-electron chi connectivity index (χ4n) is 3.19. The van der Waals surface area contributed by atoms with Gasteiger partial charge in [0.25, 0.3) is 5.56 Å². The van der Waals surface area contributed by atoms with E-state index < -0.39 is 12.0 Å². The van der Waals surface area contributed by atoms with E-state index in [-0.39, 0.29) is 11.1 Å². The topological polar surface area (TPSA) is 76.3 Å². The van der Waals surface area contributed by atoms with E-state index in [2.05, 4.69) is 21.2 Å². The monoisotopic (exact) mass is 463 g/mol. The van der Waals surface area contributed by atoms with E-state index in [1.165, 1.54) is 4.57 Å². The molecule has 2 N–H and O–H groups in total. The predicted octanol–water partition coefficient (Wildman–Crippen LogP) is 4.35. The van der Waals surface area contributed by atoms with Crippen LogP contribution in [0.2, 0.25) is 5.02 Å². The normalized spacial score (nSPS) is 12.0. The number of nitrogens with zero attached hydrogens (tertiary/aromatic N) is 2. The smallest absolute Gasteiger partial charge is 0.337 e. The number of aromatic carboxylic acids is 1. The number of aryl methyl sites for hydroxylation is 2. The molecule has 1 unspecified atom stereocenters. The number of aromatic nitrogens is 2. The van der Waals surface area contributed by atoms with E-state index in [0.29, 0.717) is 26.6 Å². The van der Waals surface area contributed by atoms with Gasteiger partial charge in [0.2, 0.25) is 0 Å². The summed E-state index contributed by atoms with van der Waals surface area (Å²) < 4.78 is 3.93. The molecule has 28 heavy (non-hydrogen) atoms. The Kier molecular flexibility index (Phi) is 5.67. The second kappa shape index (κ2) is 7.85. The Bertz CT molecular complexity index is 1080. The molecule has 0 aliphatic rings. The van der Waals surface area contributed by atoms with Gasteiger partial charge in [-0.2, -0.15) is 0 Å². The molecule has 0 spiro atoms. The summed E-state index contributed by atoms with van der Waals surface area (Å²) in [5.74, 6) is -1.02. The van der Waals surface area contributed by atoms with E-state index in [0.717, 1.165) is 5.56 Å². The second-order valence-corrected chi connectivity index (χ2v) is 7.84. The minimum atomic E-state index is -1.02. The maximum atomic E-state index is 12.0. The number of benzene rings is 1. The number of carbonyl (C=O) groups is 1. The number of carboxylic acid groups (broad SMARTS) is 1. The maximum Gasteiger partial charge on any atom is 0.337 e. The predicted molar refractivity (Wildman–Crippen MR) is 113 cm³/mol. The largest absolute Gasteiger partial charge is 0.478 e. The highest BCUT2D eigenvalue weighted by Crippen LogP contribution is 2.33. The van der Waals surface area contributed by atoms with Crippen LogP contribution in [0.1, 0.15) is 33.2 Å². The molecule has 1 aromatic carbocycles. The van der Waals surface area contributed by atoms with Gasteiger partial charge in [-0.15, -0.1) is 0 Å². The third-order valence-electron chi connectivity index (χ3n) is 4.60. The maximum absolute atomic E-state index is 12.0. The number of rotatable bonds is 5. The first-order chi connectivity index (χ1) is 13.2. The molecule has 0 saturated heterocycles. The first-order valence-electron chi connectivity index (χ1n) is 8.46. The van der Waals surface area contributed by atoms with E-state index in [4.69, 9.17) is 11.6 Å². The summed E-state index contributed by atoms with van der Waals surface area (Å²) >= 11 is 9.44. The standard InChI is InChI=1S/C20H19BrClN3O3/c1-11-8-14(10-24(2)19(11)26)23-17(12-4-6-13(22)7-5-12)18-15(20(27)28)9-16(21)25(18)3/h4-10,17,23H,1-3H3,(H,27,28). The first-order valence-corrected chi connectivity index (χ1v) is 9.63. The lowest BCUT2D eigenvalue weighted by molar-refractivity contribution is 0.0695. The highest BCUT2D eigenvalue weighted by atomic mass is 79.9. The molecule has 146 valence electrons. The summed E-state index contributed by atoms with van der Waals surface area (Å²) in [7, 11) is 3.47. The number of pyridine rings is 1. The van der Waals surface area contributed by atoms with Gasteiger partial charge in [-0.1, -0.05) is 23.7 Å². The lowest BCUT2D eigenvalue weighted by atomic mass is 10.00. The van der Waals surface area contributed by atoms with Crippen LogP contribution in [0.5, 0.6) is 0 Å². The molecule has 0 bridgehead atoms. The van der Waals surface area contributed by atoms with Gasteiger partial charge in [-0.25, -0.2) is 4.79 Å². The van der Waals surface area contributed by atoms with E-state index >= 15 is 0 Å². The Morgan fingerprint density at radius 3 is 2.43 bits per heavy atom. The van der Waals surface area contributed by atoms with Gasteiger partial charge in [0.05, 0.1) is 27.6 Å². The van der Waals surface area contributed by atoms with E-state index in [9.17, 15) is 14.7 Å². The summed E-state index contributed by atoms with van der Waals surface area (Å²) in [6.45, 7) is 1.74. The Hall–Kier alpha value is -2.51. The molecule has 2 heterocycles. The van der Waals surface area contributed by atoms with Crippen molar-refractivity contribution < 1.29 is 9.90 Å². The van der Waals surface area contributed by atoms with E-state index in [1.807, 2.05) is 12.1 Å². The molecule has 0 amide bonds. The van der Waals surface area contributed by atoms with Crippen LogP contribution in [0.4, 0.5) is 5.69 Å². The van der Waals surface area contributed by atoms with Crippen LogP contribution in [-0.2, 0) is 14.1 Å². The van der Waals surface area contributed by atoms with Gasteiger partial charge < -0.3 is 19.6 Å². The van der Waals surface area contributed by atoms with Crippen molar-refractivity contribution in [2.75, 3.05) is 5.32 Å². The van der Waals surface area contributed by atoms with Crippen LogP contribution in [0, 0.1) is 6.92 Å². The van der Waals surface area contributed by atoms with Crippen molar-refractivity contribution in [3.05, 3.63) is 85.0 Å². The van der Waals surface area contributed by atoms with Crippen LogP contribution in [-0.4, -0.2) is 20.2 Å². The molecule has 2 aromatic heterocycles. The van der Waals surface area contributed by atoms with Crippen LogP contribution in [0.25, 0.3) is 0 Å². The molecular weight excluding hydrogens is 446 g/mol. The van der Waals surface area contributed by atoms with Gasteiger partial charge in [-0.05, 0) is 52.7 Å². The Balaban J connectivity index is 2.18. The van der Waals surface area contributed by atoms with Crippen LogP contribution >= 0.6 is 27.5 Å². The fraction of sp³-hybridized carbons (Fsp3) is 0.200. The zero-order valence-electron chi connectivity index (χ0n) is 15.5. The lowest BCUT2D eigenvalue weighted by Gasteiger charge is -2.23. The molecular formula is C20H19BrClN3O3. The number of nitrogens with one attached hydrogen (secondary N) is 1. The van der Waals surface area contributed by atoms with Crippen molar-refractivity contribution in [2.45, 2.75) is 13.0 Å². The lowest BCUT2D eigenvalue weighted by Crippen LogP contribution is -2.22. The van der Waals surface area contributed by atoms with E-state index in [1.54, 1.807) is 56.0 Å². The number of hydrogen-bond acceptors (Lipinski definition) is 3. The average Bonchev–Trinajstić information content (AvgIpc) is 2.94. The third kappa shape index (κ3) is 3.86. The van der Waals surface area contributed by atoms with Crippen LogP contribution in [0.3, 0.4) is 0 Å². The second-order valence-electron chi connectivity index (χ2n) is 6.59. The zero-order valence-corrected chi connectivity index (χ0v) is 17.9. The molecule has 8 heteroatoms. The molecule has 6 nitrogen and oxygen atoms in total. The van der Waals surface area contributed by atoms with Gasteiger partial charge >= 0.3 is 5.97 Å². The minimum Gasteiger partial charge on any atom is -0.478 e. The molecule has 0 aliphatic heterocycles. The summed E-state index contributed by atoms with van der Waals surface area (Å²) in [5.41, 5.74) is 2.81. The van der Waals surface area contributed by atoms with Gasteiger partial charge in [0.15, 0.2) is 0 Å². The number of carboxylic acids is 1. The molecule has 3 aromatic rings. The summed E-state index contributed by atoms with van der Waals surface area (Å²) in [4.78, 5) is 23.9. The number of hydrogen-bond donors (Lipinski definition) is 2. The van der Waals surface area contributed by atoms with Crippen LogP contribution in [0.15, 0.2) is 52.0 Å². The van der Waals surface area contributed by atoms with Crippen molar-refractivity contribution in [3.8, 4) is 0 Å². The SMILES string of the molecule is Cc1cc(NC(c2ccc(Cl)cc2)c2c(C(=O)O)cc(Br)n2C)cn(C)c1=O. The highest BCUT2D eigenvalue weighted by molar-refractivity contribution is 9.10. The van der Waals surface area contributed by atoms with Crippen molar-refractivity contribution in [1.29, 1.82) is 0 Å². The van der Waals surface area contributed by atoms with Crippen LogP contribution < -0.4 is 10.9 Å². The number of anilines is 1. The molecule has 0 saturated carbocycles. The quantitative estimate of drug-likeness (QED) is 0.589. The van der Waals surface area contributed by atoms with Crippen molar-refractivity contribution in [3.63, 3.8) is 0 Å². The van der Waals surface area contributed by atoms with Crippen molar-refractivity contribution >= 4 is 39.2 Å². The summed E-state index contributed by atoms with van der Waals surface area (Å²) in [6, 6.07) is 10.1. The van der Waals surface area contributed by atoms with Crippen molar-refractivity contribution in [1.82, 2.24) is 9.13 Å². The van der Waals surface area contributed by atoms with Gasteiger partial charge in [0.1, 0.15) is 0 Å². The Morgan fingerprint density at radius 1 is 1.21 bits per heavy atom. The molecule has 0 radical (unpaired) electrons. The fourth-order valence-corrected chi connectivity index (χ4v) is 3.74. The molecule has 0 fully saturated rings. The van der Waals surface area contributed by atoms with Gasteiger partial charge in [0, 0.05) is 30.9 Å². The minimum absolute atomic E-state index is 0.0820. The molecule has 3 rings (SSSR count). The Morgan fingerprint density at radius 2 is 1.86 bits per heavy atom. The summed E-state index contributed by atoms with van der Waals surface area (Å²) in [5, 5.41) is 13.7. The first kappa shape index (κ1) is 20.2. The molecule has 1 atom stereocenters. The summed E-state index contributed by atoms with van der Waals surface area (Å²) in [6.07, 6.45) is 1.69. The zero-order chi connectivity index (χ0) is 20.6. The molecule has 0 aliphatic carbocycles.